The summed E-state index contributed by atoms with van der Waals surface area (Å²) in [6, 6.07) is 66.4. The SMILES string of the molecule is c1ccc2c(-c3ccc4c(c3)oc3cc(-c5ccc6ccc(-c7cc8ccc9ccccc9c8c8ccccc78)cc6c5)ccc34)cccc2c1. The van der Waals surface area contributed by atoms with Crippen molar-refractivity contribution in [2.45, 2.75) is 0 Å². The van der Waals surface area contributed by atoms with E-state index in [0.717, 1.165) is 33.1 Å². The zero-order valence-corrected chi connectivity index (χ0v) is 27.7. The molecule has 11 aromatic rings. The van der Waals surface area contributed by atoms with Crippen LogP contribution >= 0.6 is 0 Å². The fourth-order valence-corrected chi connectivity index (χ4v) is 8.31. The number of hydrogen-bond acceptors (Lipinski definition) is 1. The first kappa shape index (κ1) is 28.2. The zero-order valence-electron chi connectivity index (χ0n) is 27.7. The molecule has 0 aliphatic heterocycles. The third kappa shape index (κ3) is 4.42. The first-order valence-electron chi connectivity index (χ1n) is 17.6. The van der Waals surface area contributed by atoms with Gasteiger partial charge in [-0.25, -0.2) is 0 Å². The van der Waals surface area contributed by atoms with Gasteiger partial charge in [-0.15, -0.1) is 0 Å². The van der Waals surface area contributed by atoms with Crippen LogP contribution in [0, 0.1) is 0 Å². The summed E-state index contributed by atoms with van der Waals surface area (Å²) in [5.74, 6) is 0. The largest absolute Gasteiger partial charge is 0.456 e. The van der Waals surface area contributed by atoms with E-state index in [2.05, 4.69) is 182 Å². The quantitative estimate of drug-likeness (QED) is 0.174. The fourth-order valence-electron chi connectivity index (χ4n) is 8.31. The van der Waals surface area contributed by atoms with Crippen LogP contribution in [-0.2, 0) is 0 Å². The summed E-state index contributed by atoms with van der Waals surface area (Å²) in [5, 5.41) is 14.9. The van der Waals surface area contributed by atoms with Crippen LogP contribution in [0.4, 0.5) is 0 Å². The summed E-state index contributed by atoms with van der Waals surface area (Å²) in [6.07, 6.45) is 0. The minimum Gasteiger partial charge on any atom is -0.456 e. The van der Waals surface area contributed by atoms with E-state index in [1.165, 1.54) is 76.1 Å². The smallest absolute Gasteiger partial charge is 0.136 e. The van der Waals surface area contributed by atoms with Crippen molar-refractivity contribution in [3.05, 3.63) is 182 Å². The van der Waals surface area contributed by atoms with Crippen molar-refractivity contribution >= 4 is 75.8 Å². The Morgan fingerprint density at radius 2 is 0.784 bits per heavy atom. The average Bonchev–Trinajstić information content (AvgIpc) is 3.57. The maximum atomic E-state index is 6.56. The summed E-state index contributed by atoms with van der Waals surface area (Å²) in [4.78, 5) is 0. The first-order chi connectivity index (χ1) is 25.2. The van der Waals surface area contributed by atoms with E-state index in [1.54, 1.807) is 0 Å². The van der Waals surface area contributed by atoms with Crippen molar-refractivity contribution in [2.24, 2.45) is 0 Å². The Balaban J connectivity index is 1.01. The monoisotopic (exact) mass is 646 g/mol. The van der Waals surface area contributed by atoms with Crippen LogP contribution in [0.1, 0.15) is 0 Å². The predicted octanol–water partition coefficient (Wildman–Crippen LogP) is 14.4. The van der Waals surface area contributed by atoms with Crippen LogP contribution in [0.2, 0.25) is 0 Å². The molecule has 0 saturated carbocycles. The van der Waals surface area contributed by atoms with Crippen molar-refractivity contribution in [2.75, 3.05) is 0 Å². The molecule has 0 fully saturated rings. The van der Waals surface area contributed by atoms with Crippen LogP contribution in [0.5, 0.6) is 0 Å². The van der Waals surface area contributed by atoms with E-state index in [4.69, 9.17) is 4.42 Å². The van der Waals surface area contributed by atoms with Crippen molar-refractivity contribution in [3.63, 3.8) is 0 Å². The summed E-state index contributed by atoms with van der Waals surface area (Å²) in [5.41, 5.74) is 8.99. The normalized spacial score (nSPS) is 11.9. The van der Waals surface area contributed by atoms with E-state index in [1.807, 2.05) is 0 Å². The minimum atomic E-state index is 0.904. The highest BCUT2D eigenvalue weighted by molar-refractivity contribution is 6.23. The standard InChI is InChI=1S/C50H30O/c1-3-11-40-32(8-1)10-7-15-41(40)37-23-25-45-44-24-22-35(29-48(44)51-49(45)30-37)34-19-16-31-17-20-36(27-39(31)26-34)47-28-38-21-18-33-9-2-4-12-42(33)50(38)46-14-6-5-13-43(46)47/h1-30H. The van der Waals surface area contributed by atoms with Gasteiger partial charge in [0.25, 0.3) is 0 Å². The van der Waals surface area contributed by atoms with Gasteiger partial charge in [-0.1, -0.05) is 140 Å². The number of fused-ring (bicyclic) bond motifs is 10. The molecule has 0 bridgehead atoms. The van der Waals surface area contributed by atoms with Gasteiger partial charge in [0, 0.05) is 10.8 Å². The summed E-state index contributed by atoms with van der Waals surface area (Å²) in [7, 11) is 0. The van der Waals surface area contributed by atoms with E-state index in [-0.39, 0.29) is 0 Å². The molecule has 11 rings (SSSR count). The van der Waals surface area contributed by atoms with Gasteiger partial charge in [-0.3, -0.25) is 0 Å². The lowest BCUT2D eigenvalue weighted by Crippen LogP contribution is -1.87. The van der Waals surface area contributed by atoms with Crippen LogP contribution < -0.4 is 0 Å². The Morgan fingerprint density at radius 3 is 1.61 bits per heavy atom. The lowest BCUT2D eigenvalue weighted by molar-refractivity contribution is 0.669. The number of furan rings is 1. The molecule has 0 radical (unpaired) electrons. The van der Waals surface area contributed by atoms with Gasteiger partial charge in [0.1, 0.15) is 11.2 Å². The van der Waals surface area contributed by atoms with Gasteiger partial charge in [0.2, 0.25) is 0 Å². The maximum absolute atomic E-state index is 6.56. The molecule has 10 aromatic carbocycles. The van der Waals surface area contributed by atoms with Crippen molar-refractivity contribution in [1.29, 1.82) is 0 Å². The minimum absolute atomic E-state index is 0.904. The van der Waals surface area contributed by atoms with Gasteiger partial charge in [-0.05, 0) is 130 Å². The molecule has 0 amide bonds. The van der Waals surface area contributed by atoms with E-state index in [0.29, 0.717) is 0 Å². The van der Waals surface area contributed by atoms with Gasteiger partial charge in [0.15, 0.2) is 0 Å². The summed E-state index contributed by atoms with van der Waals surface area (Å²) >= 11 is 0. The predicted molar refractivity (Wildman–Crippen MR) is 218 cm³/mol. The second-order valence-electron chi connectivity index (χ2n) is 13.7. The highest BCUT2D eigenvalue weighted by Crippen LogP contribution is 2.40. The number of benzene rings is 10. The molecule has 0 saturated heterocycles. The molecule has 0 spiro atoms. The molecule has 0 N–H and O–H groups in total. The average molecular weight is 647 g/mol. The molecule has 51 heavy (non-hydrogen) atoms. The molecule has 1 heteroatoms. The molecule has 1 heterocycles. The van der Waals surface area contributed by atoms with Crippen molar-refractivity contribution < 1.29 is 4.42 Å². The van der Waals surface area contributed by atoms with E-state index < -0.39 is 0 Å². The lowest BCUT2D eigenvalue weighted by atomic mass is 9.90. The Bertz CT molecular complexity index is 3190. The number of rotatable bonds is 3. The van der Waals surface area contributed by atoms with Gasteiger partial charge >= 0.3 is 0 Å². The molecule has 1 aromatic heterocycles. The van der Waals surface area contributed by atoms with Crippen LogP contribution in [-0.4, -0.2) is 0 Å². The Morgan fingerprint density at radius 1 is 0.255 bits per heavy atom. The van der Waals surface area contributed by atoms with Gasteiger partial charge in [0.05, 0.1) is 0 Å². The molecule has 0 unspecified atom stereocenters. The Labute approximate surface area is 294 Å². The van der Waals surface area contributed by atoms with Gasteiger partial charge in [-0.2, -0.15) is 0 Å². The summed E-state index contributed by atoms with van der Waals surface area (Å²) in [6.45, 7) is 0. The van der Waals surface area contributed by atoms with Crippen LogP contribution in [0.15, 0.2) is 186 Å². The second kappa shape index (κ2) is 10.9. The third-order valence-corrected chi connectivity index (χ3v) is 10.8. The van der Waals surface area contributed by atoms with Crippen molar-refractivity contribution in [3.8, 4) is 33.4 Å². The highest BCUT2D eigenvalue weighted by Gasteiger charge is 2.14. The fraction of sp³-hybridized carbons (Fsp3) is 0. The molecular formula is C50H30O. The lowest BCUT2D eigenvalue weighted by Gasteiger charge is -2.14. The maximum Gasteiger partial charge on any atom is 0.136 e. The number of hydrogen-bond donors (Lipinski definition) is 0. The van der Waals surface area contributed by atoms with Crippen LogP contribution in [0.25, 0.3) is 109 Å². The molecule has 0 atom stereocenters. The van der Waals surface area contributed by atoms with Crippen molar-refractivity contribution in [1.82, 2.24) is 0 Å². The molecule has 0 aliphatic rings. The molecule has 0 aliphatic carbocycles. The van der Waals surface area contributed by atoms with E-state index in [9.17, 15) is 0 Å². The van der Waals surface area contributed by atoms with Crippen LogP contribution in [0.3, 0.4) is 0 Å². The first-order valence-corrected chi connectivity index (χ1v) is 17.6. The third-order valence-electron chi connectivity index (χ3n) is 10.8. The topological polar surface area (TPSA) is 13.1 Å². The highest BCUT2D eigenvalue weighted by atomic mass is 16.3. The molecule has 236 valence electrons. The zero-order chi connectivity index (χ0) is 33.5. The van der Waals surface area contributed by atoms with E-state index >= 15 is 0 Å². The molecule has 1 nitrogen and oxygen atoms in total. The summed E-state index contributed by atoms with van der Waals surface area (Å²) < 4.78 is 6.56. The Hall–Kier alpha value is -6.70. The van der Waals surface area contributed by atoms with Gasteiger partial charge < -0.3 is 4.42 Å². The molecular weight excluding hydrogens is 617 g/mol. The second-order valence-corrected chi connectivity index (χ2v) is 13.7. The Kier molecular flexibility index (Phi) is 6.02.